The summed E-state index contributed by atoms with van der Waals surface area (Å²) in [6, 6.07) is 24.8. The van der Waals surface area contributed by atoms with Crippen LogP contribution in [-0.4, -0.2) is 17.8 Å². The second kappa shape index (κ2) is 9.62. The third kappa shape index (κ3) is 4.64. The number of H-pyrrole nitrogens is 1. The summed E-state index contributed by atoms with van der Waals surface area (Å²) in [5.74, 6) is 1.29. The molecule has 0 amide bonds. The Morgan fingerprint density at radius 2 is 1.76 bits per heavy atom. The molecule has 2 heterocycles. The van der Waals surface area contributed by atoms with E-state index in [1.165, 1.54) is 0 Å². The molecule has 1 aromatic heterocycles. The number of hydrazone groups is 1. The van der Waals surface area contributed by atoms with E-state index in [0.29, 0.717) is 27.9 Å². The predicted octanol–water partition coefficient (Wildman–Crippen LogP) is 6.87. The van der Waals surface area contributed by atoms with Gasteiger partial charge in [0.25, 0.3) is 0 Å². The molecule has 0 radical (unpaired) electrons. The lowest BCUT2D eigenvalue weighted by Gasteiger charge is -2.22. The number of ether oxygens (including phenoxy) is 1. The van der Waals surface area contributed by atoms with Crippen LogP contribution in [0.1, 0.15) is 23.6 Å². The average Bonchev–Trinajstić information content (AvgIpc) is 3.48. The first-order valence-corrected chi connectivity index (χ1v) is 11.8. The summed E-state index contributed by atoms with van der Waals surface area (Å²) in [6.07, 6.45) is 0.669. The second-order valence-corrected chi connectivity index (χ2v) is 8.99. The van der Waals surface area contributed by atoms with Crippen molar-refractivity contribution in [2.45, 2.75) is 12.5 Å². The number of halogens is 1. The van der Waals surface area contributed by atoms with Crippen LogP contribution in [-0.2, 0) is 0 Å². The molecule has 5 rings (SSSR count). The van der Waals surface area contributed by atoms with Gasteiger partial charge in [0, 0.05) is 11.4 Å². The zero-order valence-electron chi connectivity index (χ0n) is 18.2. The Bertz CT molecular complexity index is 1400. The summed E-state index contributed by atoms with van der Waals surface area (Å²) in [5, 5.41) is 16.5. The highest BCUT2D eigenvalue weighted by molar-refractivity contribution is 7.13. The molecule has 170 valence electrons. The Morgan fingerprint density at radius 3 is 2.47 bits per heavy atom. The molecule has 1 N–H and O–H groups in total. The van der Waals surface area contributed by atoms with Crippen LogP contribution in [0.2, 0.25) is 5.02 Å². The number of methoxy groups -OCH3 is 1. The van der Waals surface area contributed by atoms with Crippen LogP contribution in [0.5, 0.6) is 5.75 Å². The summed E-state index contributed by atoms with van der Waals surface area (Å²) >= 11 is 6.95. The minimum absolute atomic E-state index is 0.129. The lowest BCUT2D eigenvalue weighted by Crippen LogP contribution is -2.19. The Balaban J connectivity index is 1.55. The summed E-state index contributed by atoms with van der Waals surface area (Å²) in [4.78, 5) is 15.0. The maximum atomic E-state index is 12.4. The molecule has 9 heteroatoms. The van der Waals surface area contributed by atoms with Gasteiger partial charge in [0.05, 0.1) is 24.6 Å². The van der Waals surface area contributed by atoms with E-state index in [1.54, 1.807) is 31.4 Å². The molecule has 34 heavy (non-hydrogen) atoms. The minimum Gasteiger partial charge on any atom is -0.497 e. The maximum absolute atomic E-state index is 12.4. The van der Waals surface area contributed by atoms with Crippen molar-refractivity contribution in [3.8, 4) is 5.75 Å². The van der Waals surface area contributed by atoms with E-state index in [2.05, 4.69) is 15.2 Å². The van der Waals surface area contributed by atoms with Gasteiger partial charge < -0.3 is 4.74 Å². The highest BCUT2D eigenvalue weighted by atomic mass is 35.5. The minimum atomic E-state index is -0.225. The normalized spacial score (nSPS) is 15.6. The third-order valence-corrected chi connectivity index (χ3v) is 6.45. The fraction of sp³-hybridized carbons (Fsp3) is 0.120. The first-order chi connectivity index (χ1) is 16.6. The van der Waals surface area contributed by atoms with Crippen molar-refractivity contribution in [2.24, 2.45) is 15.3 Å². The van der Waals surface area contributed by atoms with Gasteiger partial charge in [-0.2, -0.15) is 5.10 Å². The van der Waals surface area contributed by atoms with Crippen molar-refractivity contribution in [3.05, 3.63) is 105 Å². The highest BCUT2D eigenvalue weighted by Gasteiger charge is 2.33. The van der Waals surface area contributed by atoms with Crippen molar-refractivity contribution in [2.75, 3.05) is 12.1 Å². The van der Waals surface area contributed by atoms with Crippen LogP contribution in [0.3, 0.4) is 0 Å². The van der Waals surface area contributed by atoms with Gasteiger partial charge in [-0.3, -0.25) is 9.78 Å². The number of azo groups is 1. The number of anilines is 1. The summed E-state index contributed by atoms with van der Waals surface area (Å²) in [6.45, 7) is 0. The standard InChI is InChI=1S/C25H20ClN5O2S/c1-33-20-13-7-17(8-14-20)22-15-21(16-5-3-2-4-6-16)30-31(22)23-24(34-25(32)27-23)29-28-19-11-9-18(26)10-12-19/h2-14,22H,15H2,1H3,(H,27,32)/t22-/m0/s1. The first kappa shape index (κ1) is 22.1. The quantitative estimate of drug-likeness (QED) is 0.300. The van der Waals surface area contributed by atoms with Crippen molar-refractivity contribution in [1.82, 2.24) is 4.98 Å². The molecule has 7 nitrogen and oxygen atoms in total. The molecular weight excluding hydrogens is 470 g/mol. The van der Waals surface area contributed by atoms with E-state index in [9.17, 15) is 4.79 Å². The monoisotopic (exact) mass is 489 g/mol. The van der Waals surface area contributed by atoms with Gasteiger partial charge in [0.2, 0.25) is 0 Å². The fourth-order valence-corrected chi connectivity index (χ4v) is 4.53. The first-order valence-electron chi connectivity index (χ1n) is 10.6. The molecular formula is C25H20ClN5O2S. The van der Waals surface area contributed by atoms with Crippen molar-refractivity contribution >= 4 is 45.2 Å². The van der Waals surface area contributed by atoms with Crippen LogP contribution >= 0.6 is 22.9 Å². The van der Waals surface area contributed by atoms with Gasteiger partial charge in [0.1, 0.15) is 5.75 Å². The van der Waals surface area contributed by atoms with Crippen LogP contribution in [0, 0.1) is 0 Å². The number of rotatable bonds is 6. The van der Waals surface area contributed by atoms with E-state index < -0.39 is 0 Å². The molecule has 1 atom stereocenters. The zero-order valence-corrected chi connectivity index (χ0v) is 19.8. The molecule has 0 unspecified atom stereocenters. The Labute approximate surface area is 205 Å². The second-order valence-electron chi connectivity index (χ2n) is 7.60. The van der Waals surface area contributed by atoms with Gasteiger partial charge in [-0.1, -0.05) is 65.4 Å². The molecule has 0 saturated heterocycles. The molecule has 0 saturated carbocycles. The Morgan fingerprint density at radius 1 is 1.03 bits per heavy atom. The van der Waals surface area contributed by atoms with Crippen molar-refractivity contribution < 1.29 is 4.74 Å². The Hall–Kier alpha value is -3.75. The van der Waals surface area contributed by atoms with Gasteiger partial charge >= 0.3 is 4.87 Å². The largest absolute Gasteiger partial charge is 0.497 e. The number of hydrogen-bond donors (Lipinski definition) is 1. The lowest BCUT2D eigenvalue weighted by molar-refractivity contribution is 0.414. The summed E-state index contributed by atoms with van der Waals surface area (Å²) in [7, 11) is 1.64. The van der Waals surface area contributed by atoms with Crippen molar-refractivity contribution in [1.29, 1.82) is 0 Å². The number of hydrogen-bond acceptors (Lipinski definition) is 7. The molecule has 0 spiro atoms. The number of aromatic amines is 1. The highest BCUT2D eigenvalue weighted by Crippen LogP contribution is 2.41. The molecule has 0 fully saturated rings. The number of benzene rings is 3. The number of thiazole rings is 1. The summed E-state index contributed by atoms with van der Waals surface area (Å²) in [5.41, 5.74) is 3.64. The van der Waals surface area contributed by atoms with Crippen LogP contribution in [0.4, 0.5) is 16.5 Å². The van der Waals surface area contributed by atoms with Gasteiger partial charge in [-0.15, -0.1) is 10.2 Å². The van der Waals surface area contributed by atoms with Gasteiger partial charge in [-0.25, -0.2) is 5.01 Å². The smallest absolute Gasteiger partial charge is 0.308 e. The third-order valence-electron chi connectivity index (χ3n) is 5.44. The van der Waals surface area contributed by atoms with Crippen molar-refractivity contribution in [3.63, 3.8) is 0 Å². The topological polar surface area (TPSA) is 82.4 Å². The van der Waals surface area contributed by atoms with Crippen LogP contribution < -0.4 is 14.6 Å². The molecule has 0 aliphatic carbocycles. The molecule has 4 aromatic rings. The van der Waals surface area contributed by atoms with E-state index in [0.717, 1.165) is 33.9 Å². The van der Waals surface area contributed by atoms with E-state index >= 15 is 0 Å². The van der Waals surface area contributed by atoms with Crippen LogP contribution in [0.25, 0.3) is 0 Å². The number of nitrogens with zero attached hydrogens (tertiary/aromatic N) is 4. The summed E-state index contributed by atoms with van der Waals surface area (Å²) < 4.78 is 5.31. The Kier molecular flexibility index (Phi) is 6.24. The molecule has 1 aliphatic rings. The maximum Gasteiger partial charge on any atom is 0.308 e. The van der Waals surface area contributed by atoms with Gasteiger partial charge in [0.15, 0.2) is 10.8 Å². The van der Waals surface area contributed by atoms with E-state index in [4.69, 9.17) is 21.4 Å². The predicted molar refractivity (Wildman–Crippen MR) is 136 cm³/mol. The lowest BCUT2D eigenvalue weighted by atomic mass is 9.98. The number of nitrogens with one attached hydrogen (secondary N) is 1. The molecule has 1 aliphatic heterocycles. The van der Waals surface area contributed by atoms with E-state index in [1.807, 2.05) is 59.6 Å². The van der Waals surface area contributed by atoms with Gasteiger partial charge in [-0.05, 0) is 47.5 Å². The average molecular weight is 490 g/mol. The SMILES string of the molecule is COc1ccc([C@@H]2CC(c3ccccc3)=NN2c2[nH]c(=O)sc2N=Nc2ccc(Cl)cc2)cc1. The zero-order chi connectivity index (χ0) is 23.5. The van der Waals surface area contributed by atoms with Crippen LogP contribution in [0.15, 0.2) is 99.0 Å². The van der Waals surface area contributed by atoms with E-state index in [-0.39, 0.29) is 10.9 Å². The fourth-order valence-electron chi connectivity index (χ4n) is 3.75. The molecule has 3 aromatic carbocycles. The number of aromatic nitrogens is 1. The molecule has 0 bridgehead atoms.